The lowest BCUT2D eigenvalue weighted by Gasteiger charge is -2.05. The van der Waals surface area contributed by atoms with E-state index < -0.39 is 0 Å². The SMILES string of the molecule is ClC(Cc1ccsc1)c1ncccn1. The maximum Gasteiger partial charge on any atom is 0.146 e. The number of hydrogen-bond acceptors (Lipinski definition) is 3. The second kappa shape index (κ2) is 4.53. The average molecular weight is 225 g/mol. The summed E-state index contributed by atoms with van der Waals surface area (Å²) in [6.07, 6.45) is 4.21. The number of aromatic nitrogens is 2. The molecule has 1 atom stereocenters. The van der Waals surface area contributed by atoms with Crippen LogP contribution in [0.1, 0.15) is 16.8 Å². The van der Waals surface area contributed by atoms with Gasteiger partial charge in [0, 0.05) is 12.4 Å². The zero-order valence-corrected chi connectivity index (χ0v) is 9.00. The van der Waals surface area contributed by atoms with Crippen LogP contribution in [0.25, 0.3) is 0 Å². The van der Waals surface area contributed by atoms with Crippen molar-refractivity contribution < 1.29 is 0 Å². The first kappa shape index (κ1) is 9.62. The van der Waals surface area contributed by atoms with Crippen LogP contribution < -0.4 is 0 Å². The normalized spacial score (nSPS) is 12.6. The minimum atomic E-state index is -0.134. The molecule has 0 fully saturated rings. The highest BCUT2D eigenvalue weighted by molar-refractivity contribution is 7.07. The zero-order valence-electron chi connectivity index (χ0n) is 7.43. The summed E-state index contributed by atoms with van der Waals surface area (Å²) in [5, 5.41) is 4.01. The van der Waals surface area contributed by atoms with Gasteiger partial charge in [-0.25, -0.2) is 9.97 Å². The molecule has 0 aliphatic carbocycles. The Morgan fingerprint density at radius 3 is 2.79 bits per heavy atom. The quantitative estimate of drug-likeness (QED) is 0.749. The fourth-order valence-corrected chi connectivity index (χ4v) is 2.15. The van der Waals surface area contributed by atoms with Crippen LogP contribution in [0.15, 0.2) is 35.3 Å². The van der Waals surface area contributed by atoms with Gasteiger partial charge < -0.3 is 0 Å². The molecule has 0 radical (unpaired) electrons. The van der Waals surface area contributed by atoms with E-state index in [1.165, 1.54) is 5.56 Å². The number of thiophene rings is 1. The molecule has 0 amide bonds. The first-order valence-electron chi connectivity index (χ1n) is 4.28. The van der Waals surface area contributed by atoms with E-state index in [9.17, 15) is 0 Å². The summed E-state index contributed by atoms with van der Waals surface area (Å²) in [4.78, 5) is 8.24. The van der Waals surface area contributed by atoms with E-state index in [2.05, 4.69) is 21.4 Å². The van der Waals surface area contributed by atoms with Crippen molar-refractivity contribution in [3.05, 3.63) is 46.7 Å². The molecule has 2 nitrogen and oxygen atoms in total. The number of alkyl halides is 1. The molecule has 4 heteroatoms. The van der Waals surface area contributed by atoms with E-state index in [-0.39, 0.29) is 5.38 Å². The van der Waals surface area contributed by atoms with E-state index in [1.807, 2.05) is 5.38 Å². The van der Waals surface area contributed by atoms with E-state index in [4.69, 9.17) is 11.6 Å². The lowest BCUT2D eigenvalue weighted by molar-refractivity contribution is 0.828. The van der Waals surface area contributed by atoms with E-state index >= 15 is 0 Å². The lowest BCUT2D eigenvalue weighted by Crippen LogP contribution is -2.00. The van der Waals surface area contributed by atoms with Gasteiger partial charge >= 0.3 is 0 Å². The third-order valence-corrected chi connectivity index (χ3v) is 2.94. The molecule has 0 saturated carbocycles. The third kappa shape index (κ3) is 2.30. The monoisotopic (exact) mass is 224 g/mol. The summed E-state index contributed by atoms with van der Waals surface area (Å²) in [6, 6.07) is 3.86. The molecule has 0 spiro atoms. The first-order chi connectivity index (χ1) is 6.86. The topological polar surface area (TPSA) is 25.8 Å². The molecule has 0 aromatic carbocycles. The fraction of sp³-hybridized carbons (Fsp3) is 0.200. The Kier molecular flexibility index (Phi) is 3.11. The molecule has 72 valence electrons. The van der Waals surface area contributed by atoms with Gasteiger partial charge in [-0.3, -0.25) is 0 Å². The van der Waals surface area contributed by atoms with Crippen LogP contribution in [0.5, 0.6) is 0 Å². The van der Waals surface area contributed by atoms with Gasteiger partial charge in [0.1, 0.15) is 5.82 Å². The standard InChI is InChI=1S/C10H9ClN2S/c11-9(6-8-2-5-14-7-8)10-12-3-1-4-13-10/h1-5,7,9H,6H2. The number of rotatable bonds is 3. The molecule has 0 N–H and O–H groups in total. The summed E-state index contributed by atoms with van der Waals surface area (Å²) < 4.78 is 0. The van der Waals surface area contributed by atoms with Crippen molar-refractivity contribution in [2.45, 2.75) is 11.8 Å². The van der Waals surface area contributed by atoms with Crippen molar-refractivity contribution in [3.63, 3.8) is 0 Å². The van der Waals surface area contributed by atoms with Gasteiger partial charge in [0.05, 0.1) is 5.38 Å². The molecular formula is C10H9ClN2S. The molecule has 2 rings (SSSR count). The molecule has 0 bridgehead atoms. The van der Waals surface area contributed by atoms with E-state index in [0.717, 1.165) is 6.42 Å². The Balaban J connectivity index is 2.07. The third-order valence-electron chi connectivity index (χ3n) is 1.86. The molecule has 0 aliphatic rings. The van der Waals surface area contributed by atoms with Crippen molar-refractivity contribution >= 4 is 22.9 Å². The van der Waals surface area contributed by atoms with Crippen LogP contribution >= 0.6 is 22.9 Å². The fourth-order valence-electron chi connectivity index (χ4n) is 1.18. The molecule has 0 aliphatic heterocycles. The van der Waals surface area contributed by atoms with Crippen LogP contribution in [-0.4, -0.2) is 9.97 Å². The van der Waals surface area contributed by atoms with Crippen LogP contribution in [0.4, 0.5) is 0 Å². The summed E-state index contributed by atoms with van der Waals surface area (Å²) in [6.45, 7) is 0. The Labute approximate surface area is 91.6 Å². The van der Waals surface area contributed by atoms with Crippen molar-refractivity contribution in [1.82, 2.24) is 9.97 Å². The van der Waals surface area contributed by atoms with Crippen molar-refractivity contribution in [1.29, 1.82) is 0 Å². The van der Waals surface area contributed by atoms with Gasteiger partial charge in [0.2, 0.25) is 0 Å². The van der Waals surface area contributed by atoms with Crippen LogP contribution in [0.3, 0.4) is 0 Å². The summed E-state index contributed by atoms with van der Waals surface area (Å²) in [7, 11) is 0. The van der Waals surface area contributed by atoms with Gasteiger partial charge in [0.25, 0.3) is 0 Å². The van der Waals surface area contributed by atoms with Crippen LogP contribution in [-0.2, 0) is 6.42 Å². The van der Waals surface area contributed by atoms with Crippen molar-refractivity contribution in [2.24, 2.45) is 0 Å². The molecule has 2 aromatic rings. The minimum Gasteiger partial charge on any atom is -0.240 e. The molecular weight excluding hydrogens is 216 g/mol. The average Bonchev–Trinajstić information content (AvgIpc) is 2.72. The summed E-state index contributed by atoms with van der Waals surface area (Å²) in [5.41, 5.74) is 1.24. The molecule has 0 saturated heterocycles. The predicted molar refractivity (Wildman–Crippen MR) is 58.6 cm³/mol. The Bertz CT molecular complexity index is 374. The van der Waals surface area contributed by atoms with Gasteiger partial charge in [-0.05, 0) is 34.9 Å². The number of nitrogens with zero attached hydrogens (tertiary/aromatic N) is 2. The zero-order chi connectivity index (χ0) is 9.80. The Hall–Kier alpha value is -0.930. The van der Waals surface area contributed by atoms with Gasteiger partial charge in [-0.2, -0.15) is 11.3 Å². The van der Waals surface area contributed by atoms with E-state index in [1.54, 1.807) is 29.8 Å². The lowest BCUT2D eigenvalue weighted by atomic mass is 10.2. The van der Waals surface area contributed by atoms with Gasteiger partial charge in [-0.15, -0.1) is 11.6 Å². The number of halogens is 1. The van der Waals surface area contributed by atoms with Crippen molar-refractivity contribution in [3.8, 4) is 0 Å². The highest BCUT2D eigenvalue weighted by atomic mass is 35.5. The largest absolute Gasteiger partial charge is 0.240 e. The first-order valence-corrected chi connectivity index (χ1v) is 5.66. The molecule has 2 heterocycles. The Morgan fingerprint density at radius 2 is 2.14 bits per heavy atom. The predicted octanol–water partition coefficient (Wildman–Crippen LogP) is 3.06. The maximum atomic E-state index is 6.18. The Morgan fingerprint density at radius 1 is 1.36 bits per heavy atom. The maximum absolute atomic E-state index is 6.18. The number of hydrogen-bond donors (Lipinski definition) is 0. The summed E-state index contributed by atoms with van der Waals surface area (Å²) in [5.74, 6) is 0.695. The molecule has 14 heavy (non-hydrogen) atoms. The molecule has 1 unspecified atom stereocenters. The summed E-state index contributed by atoms with van der Waals surface area (Å²) >= 11 is 7.85. The second-order valence-corrected chi connectivity index (χ2v) is 4.22. The smallest absolute Gasteiger partial charge is 0.146 e. The van der Waals surface area contributed by atoms with Crippen molar-refractivity contribution in [2.75, 3.05) is 0 Å². The van der Waals surface area contributed by atoms with Gasteiger partial charge in [0.15, 0.2) is 0 Å². The molecule has 2 aromatic heterocycles. The minimum absolute atomic E-state index is 0.134. The van der Waals surface area contributed by atoms with Crippen LogP contribution in [0, 0.1) is 0 Å². The highest BCUT2D eigenvalue weighted by Crippen LogP contribution is 2.22. The second-order valence-electron chi connectivity index (χ2n) is 2.91. The highest BCUT2D eigenvalue weighted by Gasteiger charge is 2.11. The van der Waals surface area contributed by atoms with Gasteiger partial charge in [-0.1, -0.05) is 0 Å². The van der Waals surface area contributed by atoms with E-state index in [0.29, 0.717) is 5.82 Å². The van der Waals surface area contributed by atoms with Crippen LogP contribution in [0.2, 0.25) is 0 Å².